The molecule has 4 rings (SSSR count). The lowest BCUT2D eigenvalue weighted by atomic mass is 9.46. The third kappa shape index (κ3) is 3.89. The molecule has 0 amide bonds. The van der Waals surface area contributed by atoms with Crippen LogP contribution in [0.15, 0.2) is 24.3 Å². The molecule has 0 bridgehead atoms. The molecular weight excluding hydrogens is 412 g/mol. The van der Waals surface area contributed by atoms with E-state index in [1.54, 1.807) is 12.2 Å². The summed E-state index contributed by atoms with van der Waals surface area (Å²) in [5.41, 5.74) is 0.649. The zero-order chi connectivity index (χ0) is 24.2. The fourth-order valence-electron chi connectivity index (χ4n) is 9.05. The SMILES string of the molecule is C=CC(CC[C@@H](C)[C@H]1CCC2C3C[C@@H](O)C4=CC(=O)CC[C@]4(C)C3CC[C@@]21C)(OO)C(C)C. The van der Waals surface area contributed by atoms with E-state index in [9.17, 15) is 15.2 Å². The van der Waals surface area contributed by atoms with Crippen LogP contribution in [0.2, 0.25) is 0 Å². The number of ketones is 1. The Bertz CT molecular complexity index is 801. The van der Waals surface area contributed by atoms with Gasteiger partial charge in [-0.2, -0.15) is 0 Å². The number of hydrogen-bond donors (Lipinski definition) is 2. The Labute approximate surface area is 200 Å². The van der Waals surface area contributed by atoms with E-state index < -0.39 is 11.7 Å². The molecule has 3 fully saturated rings. The van der Waals surface area contributed by atoms with E-state index in [0.29, 0.717) is 41.4 Å². The lowest BCUT2D eigenvalue weighted by Gasteiger charge is -2.59. The van der Waals surface area contributed by atoms with Gasteiger partial charge in [-0.25, -0.2) is 4.89 Å². The molecule has 4 aliphatic rings. The lowest BCUT2D eigenvalue weighted by molar-refractivity contribution is -0.321. The summed E-state index contributed by atoms with van der Waals surface area (Å²) < 4.78 is 0. The minimum absolute atomic E-state index is 0.0133. The molecule has 2 N–H and O–H groups in total. The van der Waals surface area contributed by atoms with Gasteiger partial charge in [0.15, 0.2) is 5.78 Å². The summed E-state index contributed by atoms with van der Waals surface area (Å²) in [5, 5.41) is 20.8. The van der Waals surface area contributed by atoms with Crippen LogP contribution in [0.25, 0.3) is 0 Å². The second kappa shape index (κ2) is 8.91. The van der Waals surface area contributed by atoms with E-state index in [2.05, 4.69) is 41.2 Å². The maximum absolute atomic E-state index is 12.1. The molecule has 0 radical (unpaired) electrons. The number of carbonyl (C=O) groups excluding carboxylic acids is 1. The number of fused-ring (bicyclic) bond motifs is 5. The maximum atomic E-state index is 12.1. The maximum Gasteiger partial charge on any atom is 0.155 e. The highest BCUT2D eigenvalue weighted by Gasteiger charge is 2.61. The summed E-state index contributed by atoms with van der Waals surface area (Å²) in [6.45, 7) is 15.3. The van der Waals surface area contributed by atoms with Gasteiger partial charge in [-0.05, 0) is 109 Å². The number of hydrogen-bond acceptors (Lipinski definition) is 4. The highest BCUT2D eigenvalue weighted by Crippen LogP contribution is 2.67. The minimum atomic E-state index is -0.673. The van der Waals surface area contributed by atoms with Gasteiger partial charge in [0.1, 0.15) is 5.60 Å². The summed E-state index contributed by atoms with van der Waals surface area (Å²) in [5.74, 6) is 3.36. The molecule has 3 saturated carbocycles. The van der Waals surface area contributed by atoms with Gasteiger partial charge >= 0.3 is 0 Å². The quantitative estimate of drug-likeness (QED) is 0.256. The predicted molar refractivity (Wildman–Crippen MR) is 131 cm³/mol. The molecule has 0 aromatic carbocycles. The van der Waals surface area contributed by atoms with Gasteiger partial charge in [-0.3, -0.25) is 10.1 Å². The first-order chi connectivity index (χ1) is 15.5. The minimum Gasteiger partial charge on any atom is -0.389 e. The number of rotatable bonds is 7. The first-order valence-corrected chi connectivity index (χ1v) is 13.4. The summed E-state index contributed by atoms with van der Waals surface area (Å²) in [6.07, 6.45) is 12.2. The molecule has 4 heteroatoms. The Kier molecular flexibility index (Phi) is 6.79. The average Bonchev–Trinajstić information content (AvgIpc) is 3.13. The Morgan fingerprint density at radius 3 is 2.58 bits per heavy atom. The van der Waals surface area contributed by atoms with Crippen LogP contribution in [-0.2, 0) is 9.68 Å². The largest absolute Gasteiger partial charge is 0.389 e. The van der Waals surface area contributed by atoms with Crippen molar-refractivity contribution in [1.29, 1.82) is 0 Å². The lowest BCUT2D eigenvalue weighted by Crippen LogP contribution is -2.54. The second-order valence-electron chi connectivity index (χ2n) is 12.8. The fourth-order valence-corrected chi connectivity index (χ4v) is 9.05. The number of aliphatic hydroxyl groups is 1. The van der Waals surface area contributed by atoms with Crippen LogP contribution < -0.4 is 0 Å². The Morgan fingerprint density at radius 2 is 1.94 bits per heavy atom. The van der Waals surface area contributed by atoms with Gasteiger partial charge in [0.25, 0.3) is 0 Å². The van der Waals surface area contributed by atoms with Crippen molar-refractivity contribution in [3.05, 3.63) is 24.3 Å². The molecule has 0 aliphatic heterocycles. The first kappa shape index (κ1) is 25.1. The van der Waals surface area contributed by atoms with Crippen molar-refractivity contribution in [2.45, 2.75) is 104 Å². The molecule has 9 atom stereocenters. The Hall–Kier alpha value is -0.970. The molecule has 0 heterocycles. The third-order valence-electron chi connectivity index (χ3n) is 11.2. The highest BCUT2D eigenvalue weighted by molar-refractivity contribution is 5.91. The highest BCUT2D eigenvalue weighted by atomic mass is 17.1. The van der Waals surface area contributed by atoms with E-state index in [1.807, 2.05) is 0 Å². The van der Waals surface area contributed by atoms with Gasteiger partial charge in [0.2, 0.25) is 0 Å². The average molecular weight is 459 g/mol. The van der Waals surface area contributed by atoms with E-state index in [4.69, 9.17) is 4.89 Å². The summed E-state index contributed by atoms with van der Waals surface area (Å²) in [7, 11) is 0. The fraction of sp³-hybridized carbons (Fsp3) is 0.828. The van der Waals surface area contributed by atoms with Crippen LogP contribution in [-0.4, -0.2) is 27.9 Å². The third-order valence-corrected chi connectivity index (χ3v) is 11.2. The monoisotopic (exact) mass is 458 g/mol. The van der Waals surface area contributed by atoms with Crippen LogP contribution in [0, 0.1) is 46.3 Å². The van der Waals surface area contributed by atoms with Crippen LogP contribution in [0.1, 0.15) is 92.4 Å². The van der Waals surface area contributed by atoms with Crippen LogP contribution in [0.5, 0.6) is 0 Å². The van der Waals surface area contributed by atoms with Crippen molar-refractivity contribution in [1.82, 2.24) is 0 Å². The predicted octanol–water partition coefficient (Wildman–Crippen LogP) is 6.59. The molecule has 0 aromatic rings. The molecule has 0 saturated heterocycles. The smallest absolute Gasteiger partial charge is 0.155 e. The van der Waals surface area contributed by atoms with Crippen LogP contribution >= 0.6 is 0 Å². The Balaban J connectivity index is 1.52. The molecule has 4 nitrogen and oxygen atoms in total. The summed E-state index contributed by atoms with van der Waals surface area (Å²) >= 11 is 0. The molecule has 186 valence electrons. The van der Waals surface area contributed by atoms with Crippen LogP contribution in [0.4, 0.5) is 0 Å². The van der Waals surface area contributed by atoms with Crippen LogP contribution in [0.3, 0.4) is 0 Å². The molecule has 33 heavy (non-hydrogen) atoms. The van der Waals surface area contributed by atoms with Crippen molar-refractivity contribution in [2.24, 2.45) is 46.3 Å². The van der Waals surface area contributed by atoms with E-state index >= 15 is 0 Å². The van der Waals surface area contributed by atoms with E-state index in [-0.39, 0.29) is 17.1 Å². The second-order valence-corrected chi connectivity index (χ2v) is 12.8. The molecule has 4 unspecified atom stereocenters. The van der Waals surface area contributed by atoms with E-state index in [0.717, 1.165) is 31.3 Å². The van der Waals surface area contributed by atoms with Gasteiger partial charge in [-0.1, -0.05) is 40.7 Å². The Morgan fingerprint density at radius 1 is 1.21 bits per heavy atom. The molecule has 4 aliphatic carbocycles. The molecular formula is C29H46O4. The van der Waals surface area contributed by atoms with Gasteiger partial charge in [0, 0.05) is 6.42 Å². The van der Waals surface area contributed by atoms with E-state index in [1.165, 1.54) is 25.7 Å². The zero-order valence-electron chi connectivity index (χ0n) is 21.5. The van der Waals surface area contributed by atoms with Gasteiger partial charge in [-0.15, -0.1) is 6.58 Å². The van der Waals surface area contributed by atoms with Gasteiger partial charge < -0.3 is 5.11 Å². The van der Waals surface area contributed by atoms with Crippen molar-refractivity contribution < 1.29 is 20.0 Å². The normalized spacial score (nSPS) is 43.2. The summed E-state index contributed by atoms with van der Waals surface area (Å²) in [6, 6.07) is 0. The van der Waals surface area contributed by atoms with Crippen molar-refractivity contribution >= 4 is 5.78 Å². The van der Waals surface area contributed by atoms with Crippen molar-refractivity contribution in [2.75, 3.05) is 0 Å². The van der Waals surface area contributed by atoms with Crippen molar-refractivity contribution in [3.63, 3.8) is 0 Å². The zero-order valence-corrected chi connectivity index (χ0v) is 21.5. The number of carbonyl (C=O) groups is 1. The molecule has 0 spiro atoms. The van der Waals surface area contributed by atoms with Gasteiger partial charge in [0.05, 0.1) is 6.10 Å². The number of aliphatic hydroxyl groups excluding tert-OH is 1. The molecule has 0 aromatic heterocycles. The van der Waals surface area contributed by atoms with Crippen molar-refractivity contribution in [3.8, 4) is 0 Å². The standard InChI is InChI=1S/C29H46O4/c1-7-29(33-32,18(2)3)15-10-19(4)22-8-9-23-21-17-26(31)25-16-20(30)11-13-28(25,6)24(21)12-14-27(22,23)5/h7,16,18-19,21-24,26,31-32H,1,8-15,17H2,2-6H3/t19-,21?,22-,23?,24?,26-,27-,28-,29?/m1/s1. The first-order valence-electron chi connectivity index (χ1n) is 13.4. The topological polar surface area (TPSA) is 66.8 Å². The summed E-state index contributed by atoms with van der Waals surface area (Å²) in [4.78, 5) is 17.1.